The van der Waals surface area contributed by atoms with E-state index in [9.17, 15) is 4.79 Å². The molecule has 0 aliphatic carbocycles. The molecule has 1 N–H and O–H groups in total. The summed E-state index contributed by atoms with van der Waals surface area (Å²) in [6.45, 7) is 1.13. The molecule has 0 saturated carbocycles. The van der Waals surface area contributed by atoms with Gasteiger partial charge in [-0.2, -0.15) is 0 Å². The molecule has 1 amide bonds. The highest BCUT2D eigenvalue weighted by atomic mass is 16.7. The summed E-state index contributed by atoms with van der Waals surface area (Å²) >= 11 is 0. The van der Waals surface area contributed by atoms with E-state index in [4.69, 9.17) is 14.2 Å². The van der Waals surface area contributed by atoms with Gasteiger partial charge in [0.1, 0.15) is 12.4 Å². The second-order valence-electron chi connectivity index (χ2n) is 5.20. The minimum Gasteiger partial charge on any atom is -0.492 e. The third-order valence-electron chi connectivity index (χ3n) is 3.52. The van der Waals surface area contributed by atoms with Gasteiger partial charge >= 0.3 is 0 Å². The third kappa shape index (κ3) is 4.39. The van der Waals surface area contributed by atoms with E-state index in [1.54, 1.807) is 6.07 Å². The number of rotatable bonds is 7. The van der Waals surface area contributed by atoms with Gasteiger partial charge in [-0.05, 0) is 24.1 Å². The van der Waals surface area contributed by atoms with Crippen LogP contribution in [0, 0.1) is 0 Å². The Labute approximate surface area is 135 Å². The van der Waals surface area contributed by atoms with Crippen LogP contribution in [0.4, 0.5) is 0 Å². The van der Waals surface area contributed by atoms with Gasteiger partial charge in [0.25, 0.3) is 0 Å². The van der Waals surface area contributed by atoms with Gasteiger partial charge in [0.15, 0.2) is 11.5 Å². The highest BCUT2D eigenvalue weighted by Crippen LogP contribution is 2.34. The van der Waals surface area contributed by atoms with Gasteiger partial charge in [-0.15, -0.1) is 0 Å². The Balaban J connectivity index is 1.34. The number of aryl methyl sites for hydroxylation is 1. The Bertz CT molecular complexity index is 657. The van der Waals surface area contributed by atoms with E-state index < -0.39 is 0 Å². The van der Waals surface area contributed by atoms with E-state index in [-0.39, 0.29) is 12.7 Å². The first-order valence-corrected chi connectivity index (χ1v) is 7.64. The van der Waals surface area contributed by atoms with Gasteiger partial charge in [-0.1, -0.05) is 30.3 Å². The van der Waals surface area contributed by atoms with Crippen LogP contribution in [0.5, 0.6) is 17.2 Å². The Morgan fingerprint density at radius 3 is 2.78 bits per heavy atom. The molecular formula is C18H19NO4. The van der Waals surface area contributed by atoms with Crippen molar-refractivity contribution in [3.05, 3.63) is 54.1 Å². The molecule has 5 nitrogen and oxygen atoms in total. The number of hydrogen-bond acceptors (Lipinski definition) is 4. The summed E-state index contributed by atoms with van der Waals surface area (Å²) in [7, 11) is 0. The van der Waals surface area contributed by atoms with Gasteiger partial charge in [0.05, 0.1) is 6.54 Å². The standard InChI is InChI=1S/C18H19NO4/c20-18(9-6-14-4-2-1-3-5-14)19-10-11-21-15-7-8-16-17(12-15)23-13-22-16/h1-5,7-8,12H,6,9-11,13H2,(H,19,20). The van der Waals surface area contributed by atoms with E-state index in [1.807, 2.05) is 42.5 Å². The average Bonchev–Trinajstić information content (AvgIpc) is 3.05. The monoisotopic (exact) mass is 313 g/mol. The van der Waals surface area contributed by atoms with E-state index in [0.717, 1.165) is 12.2 Å². The first-order chi connectivity index (χ1) is 11.3. The summed E-state index contributed by atoms with van der Waals surface area (Å²) in [6.07, 6.45) is 1.23. The van der Waals surface area contributed by atoms with Crippen molar-refractivity contribution in [1.29, 1.82) is 0 Å². The molecule has 0 fully saturated rings. The molecule has 120 valence electrons. The van der Waals surface area contributed by atoms with Crippen molar-refractivity contribution in [2.45, 2.75) is 12.8 Å². The zero-order chi connectivity index (χ0) is 15.9. The SMILES string of the molecule is O=C(CCc1ccccc1)NCCOc1ccc2c(c1)OCO2. The van der Waals surface area contributed by atoms with Crippen LogP contribution in [0.2, 0.25) is 0 Å². The van der Waals surface area contributed by atoms with Crippen molar-refractivity contribution in [3.63, 3.8) is 0 Å². The molecule has 0 saturated heterocycles. The van der Waals surface area contributed by atoms with Gasteiger partial charge in [-0.3, -0.25) is 4.79 Å². The predicted octanol–water partition coefficient (Wildman–Crippen LogP) is 2.54. The summed E-state index contributed by atoms with van der Waals surface area (Å²) in [5.74, 6) is 2.15. The fourth-order valence-electron chi connectivity index (χ4n) is 2.32. The molecule has 1 heterocycles. The highest BCUT2D eigenvalue weighted by molar-refractivity contribution is 5.76. The van der Waals surface area contributed by atoms with Crippen LogP contribution >= 0.6 is 0 Å². The van der Waals surface area contributed by atoms with Crippen molar-refractivity contribution < 1.29 is 19.0 Å². The lowest BCUT2D eigenvalue weighted by molar-refractivity contribution is -0.121. The summed E-state index contributed by atoms with van der Waals surface area (Å²) in [6, 6.07) is 15.4. The molecular weight excluding hydrogens is 294 g/mol. The molecule has 1 aliphatic heterocycles. The van der Waals surface area contributed by atoms with Crippen LogP contribution in [0.25, 0.3) is 0 Å². The molecule has 0 radical (unpaired) electrons. The lowest BCUT2D eigenvalue weighted by atomic mass is 10.1. The van der Waals surface area contributed by atoms with Gasteiger partial charge in [0, 0.05) is 12.5 Å². The molecule has 2 aromatic carbocycles. The number of hydrogen-bond donors (Lipinski definition) is 1. The van der Waals surface area contributed by atoms with Crippen molar-refractivity contribution in [3.8, 4) is 17.2 Å². The fraction of sp³-hybridized carbons (Fsp3) is 0.278. The molecule has 0 spiro atoms. The molecule has 0 atom stereocenters. The number of nitrogens with one attached hydrogen (secondary N) is 1. The maximum absolute atomic E-state index is 11.8. The zero-order valence-corrected chi connectivity index (χ0v) is 12.8. The smallest absolute Gasteiger partial charge is 0.231 e. The predicted molar refractivity (Wildman–Crippen MR) is 85.8 cm³/mol. The molecule has 23 heavy (non-hydrogen) atoms. The number of carbonyl (C=O) groups is 1. The van der Waals surface area contributed by atoms with Crippen LogP contribution in [0.15, 0.2) is 48.5 Å². The van der Waals surface area contributed by atoms with E-state index in [0.29, 0.717) is 31.1 Å². The summed E-state index contributed by atoms with van der Waals surface area (Å²) < 4.78 is 16.1. The van der Waals surface area contributed by atoms with E-state index in [2.05, 4.69) is 5.32 Å². The number of benzene rings is 2. The third-order valence-corrected chi connectivity index (χ3v) is 3.52. The van der Waals surface area contributed by atoms with Crippen molar-refractivity contribution in [2.24, 2.45) is 0 Å². The van der Waals surface area contributed by atoms with Crippen LogP contribution in [-0.2, 0) is 11.2 Å². The summed E-state index contributed by atoms with van der Waals surface area (Å²) in [5.41, 5.74) is 1.17. The fourth-order valence-corrected chi connectivity index (χ4v) is 2.32. The largest absolute Gasteiger partial charge is 0.492 e. The van der Waals surface area contributed by atoms with Gasteiger partial charge < -0.3 is 19.5 Å². The van der Waals surface area contributed by atoms with Crippen LogP contribution < -0.4 is 19.5 Å². The molecule has 1 aliphatic rings. The quantitative estimate of drug-likeness (QED) is 0.798. The Kier molecular flexibility index (Phi) is 4.99. The normalized spacial score (nSPS) is 12.0. The van der Waals surface area contributed by atoms with Gasteiger partial charge in [0.2, 0.25) is 12.7 Å². The van der Waals surface area contributed by atoms with E-state index >= 15 is 0 Å². The average molecular weight is 313 g/mol. The van der Waals surface area contributed by atoms with Crippen LogP contribution in [0.3, 0.4) is 0 Å². The highest BCUT2D eigenvalue weighted by Gasteiger charge is 2.13. The van der Waals surface area contributed by atoms with Crippen molar-refractivity contribution in [2.75, 3.05) is 19.9 Å². The second-order valence-corrected chi connectivity index (χ2v) is 5.20. The maximum atomic E-state index is 11.8. The lowest BCUT2D eigenvalue weighted by Crippen LogP contribution is -2.28. The Morgan fingerprint density at radius 2 is 1.91 bits per heavy atom. The first-order valence-electron chi connectivity index (χ1n) is 7.64. The molecule has 2 aromatic rings. The Hall–Kier alpha value is -2.69. The summed E-state index contributed by atoms with van der Waals surface area (Å²) in [4.78, 5) is 11.8. The molecule has 0 aromatic heterocycles. The Morgan fingerprint density at radius 1 is 1.09 bits per heavy atom. The zero-order valence-electron chi connectivity index (χ0n) is 12.8. The first kappa shape index (κ1) is 15.2. The van der Waals surface area contributed by atoms with Crippen molar-refractivity contribution >= 4 is 5.91 Å². The summed E-state index contributed by atoms with van der Waals surface area (Å²) in [5, 5.41) is 2.86. The van der Waals surface area contributed by atoms with Crippen molar-refractivity contribution in [1.82, 2.24) is 5.32 Å². The topological polar surface area (TPSA) is 56.8 Å². The van der Waals surface area contributed by atoms with E-state index in [1.165, 1.54) is 5.56 Å². The second kappa shape index (κ2) is 7.54. The van der Waals surface area contributed by atoms with Gasteiger partial charge in [-0.25, -0.2) is 0 Å². The molecule has 0 unspecified atom stereocenters. The molecule has 5 heteroatoms. The molecule has 3 rings (SSSR count). The minimum absolute atomic E-state index is 0.0307. The minimum atomic E-state index is 0.0307. The van der Waals surface area contributed by atoms with Crippen LogP contribution in [-0.4, -0.2) is 25.9 Å². The lowest BCUT2D eigenvalue weighted by Gasteiger charge is -2.08. The number of carbonyl (C=O) groups excluding carboxylic acids is 1. The molecule has 0 bridgehead atoms. The maximum Gasteiger partial charge on any atom is 0.231 e. The number of fused-ring (bicyclic) bond motifs is 1. The number of ether oxygens (including phenoxy) is 3. The van der Waals surface area contributed by atoms with Crippen LogP contribution in [0.1, 0.15) is 12.0 Å². The number of amides is 1.